The van der Waals surface area contributed by atoms with Crippen LogP contribution in [0.5, 0.6) is 0 Å². The topological polar surface area (TPSA) is 59.6 Å². The van der Waals surface area contributed by atoms with E-state index in [1.165, 1.54) is 15.8 Å². The number of urea groups is 1. The molecule has 3 aromatic rings. The average Bonchev–Trinajstić information content (AvgIpc) is 3.13. The molecule has 5 heteroatoms. The summed E-state index contributed by atoms with van der Waals surface area (Å²) in [5.41, 5.74) is 4.11. The van der Waals surface area contributed by atoms with E-state index in [0.29, 0.717) is 6.42 Å². The van der Waals surface area contributed by atoms with E-state index in [1.807, 2.05) is 54.3 Å². The van der Waals surface area contributed by atoms with E-state index < -0.39 is 6.23 Å². The van der Waals surface area contributed by atoms with Crippen molar-refractivity contribution < 1.29 is 9.90 Å². The molecule has 2 aromatic carbocycles. The third-order valence-electron chi connectivity index (χ3n) is 5.52. The van der Waals surface area contributed by atoms with Crippen molar-refractivity contribution in [2.24, 2.45) is 0 Å². The first-order valence-electron chi connectivity index (χ1n) is 8.61. The van der Waals surface area contributed by atoms with E-state index in [2.05, 4.69) is 17.1 Å². The van der Waals surface area contributed by atoms with Gasteiger partial charge >= 0.3 is 6.03 Å². The van der Waals surface area contributed by atoms with Crippen molar-refractivity contribution in [3.63, 3.8) is 0 Å². The molecular formula is C20H19N3O2. The minimum Gasteiger partial charge on any atom is -0.371 e. The Balaban J connectivity index is 1.61. The van der Waals surface area contributed by atoms with E-state index >= 15 is 0 Å². The first-order chi connectivity index (χ1) is 12.2. The molecule has 0 radical (unpaired) electrons. The van der Waals surface area contributed by atoms with Gasteiger partial charge in [0.15, 0.2) is 6.23 Å². The predicted octanol–water partition coefficient (Wildman–Crippen LogP) is 3.41. The van der Waals surface area contributed by atoms with Gasteiger partial charge in [0.05, 0.1) is 12.1 Å². The molecule has 1 saturated heterocycles. The molecule has 5 rings (SSSR count). The summed E-state index contributed by atoms with van der Waals surface area (Å²) >= 11 is 0. The van der Waals surface area contributed by atoms with E-state index in [1.54, 1.807) is 0 Å². The number of carbonyl (C=O) groups excluding carboxylic acids is 1. The molecule has 0 spiro atoms. The number of rotatable bonds is 1. The smallest absolute Gasteiger partial charge is 0.327 e. The van der Waals surface area contributed by atoms with Gasteiger partial charge < -0.3 is 15.0 Å². The number of carbonyl (C=O) groups is 1. The van der Waals surface area contributed by atoms with Crippen LogP contribution in [0.3, 0.4) is 0 Å². The quantitative estimate of drug-likeness (QED) is 0.717. The van der Waals surface area contributed by atoms with Gasteiger partial charge in [-0.1, -0.05) is 36.4 Å². The first kappa shape index (κ1) is 14.5. The lowest BCUT2D eigenvalue weighted by Gasteiger charge is -2.35. The number of fused-ring (bicyclic) bond motifs is 4. The Morgan fingerprint density at radius 1 is 1.08 bits per heavy atom. The molecule has 3 unspecified atom stereocenters. The largest absolute Gasteiger partial charge is 0.371 e. The van der Waals surface area contributed by atoms with Crippen LogP contribution in [0.1, 0.15) is 24.2 Å². The van der Waals surface area contributed by atoms with Crippen LogP contribution >= 0.6 is 0 Å². The van der Waals surface area contributed by atoms with Crippen molar-refractivity contribution >= 4 is 22.6 Å². The van der Waals surface area contributed by atoms with Gasteiger partial charge in [0.1, 0.15) is 0 Å². The van der Waals surface area contributed by atoms with Crippen LogP contribution in [0.2, 0.25) is 0 Å². The molecule has 126 valence electrons. The molecule has 2 aliphatic heterocycles. The molecule has 0 saturated carbocycles. The van der Waals surface area contributed by atoms with Gasteiger partial charge in [-0.2, -0.15) is 0 Å². The lowest BCUT2D eigenvalue weighted by atomic mass is 9.93. The predicted molar refractivity (Wildman–Crippen MR) is 96.4 cm³/mol. The van der Waals surface area contributed by atoms with Gasteiger partial charge in [-0.3, -0.25) is 4.90 Å². The van der Waals surface area contributed by atoms with Gasteiger partial charge in [0.2, 0.25) is 0 Å². The Labute approximate surface area is 145 Å². The number of hydrogen-bond donors (Lipinski definition) is 2. The number of hydrogen-bond acceptors (Lipinski definition) is 2. The van der Waals surface area contributed by atoms with E-state index in [0.717, 1.165) is 16.9 Å². The number of aromatic amines is 1. The van der Waals surface area contributed by atoms with Gasteiger partial charge in [0.25, 0.3) is 0 Å². The minimum absolute atomic E-state index is 0.1000. The van der Waals surface area contributed by atoms with Crippen molar-refractivity contribution in [1.82, 2.24) is 9.88 Å². The second-order valence-electron chi connectivity index (χ2n) is 6.82. The van der Waals surface area contributed by atoms with Gasteiger partial charge in [-0.05, 0) is 37.1 Å². The molecule has 5 nitrogen and oxygen atoms in total. The van der Waals surface area contributed by atoms with E-state index in [9.17, 15) is 9.90 Å². The summed E-state index contributed by atoms with van der Waals surface area (Å²) in [4.78, 5) is 19.9. The number of aromatic nitrogens is 1. The van der Waals surface area contributed by atoms with Crippen LogP contribution in [0, 0.1) is 0 Å². The number of nitrogens with zero attached hydrogens (tertiary/aromatic N) is 2. The van der Waals surface area contributed by atoms with Crippen molar-refractivity contribution in [2.45, 2.75) is 31.7 Å². The maximum absolute atomic E-state index is 13.1. The number of amides is 2. The standard InChI is InChI=1S/C20H19N3O2/c1-12-18-15(14-9-5-6-10-16(14)21-18)11-17-19(24)23(20(25)22(12)17)13-7-3-2-4-8-13/h2-10,12,17,19,21,24H,11H2,1H3. The normalized spacial score (nSPS) is 25.4. The van der Waals surface area contributed by atoms with Crippen molar-refractivity contribution in [1.29, 1.82) is 0 Å². The number of para-hydroxylation sites is 2. The van der Waals surface area contributed by atoms with E-state index in [4.69, 9.17) is 0 Å². The summed E-state index contributed by atoms with van der Waals surface area (Å²) < 4.78 is 0. The number of aliphatic hydroxyl groups is 1. The van der Waals surface area contributed by atoms with E-state index in [-0.39, 0.29) is 18.1 Å². The third kappa shape index (κ3) is 1.90. The second-order valence-corrected chi connectivity index (χ2v) is 6.82. The summed E-state index contributed by atoms with van der Waals surface area (Å²) in [5.74, 6) is 0. The molecule has 3 atom stereocenters. The summed E-state index contributed by atoms with van der Waals surface area (Å²) in [6.45, 7) is 2.03. The number of H-pyrrole nitrogens is 1. The van der Waals surface area contributed by atoms with Crippen LogP contribution in [0.25, 0.3) is 10.9 Å². The highest BCUT2D eigenvalue weighted by atomic mass is 16.3. The molecule has 2 amide bonds. The molecular weight excluding hydrogens is 314 g/mol. The fourth-order valence-electron chi connectivity index (χ4n) is 4.35. The zero-order valence-corrected chi connectivity index (χ0v) is 13.9. The lowest BCUT2D eigenvalue weighted by Crippen LogP contribution is -2.43. The zero-order valence-electron chi connectivity index (χ0n) is 13.9. The van der Waals surface area contributed by atoms with Crippen LogP contribution in [-0.4, -0.2) is 33.3 Å². The van der Waals surface area contributed by atoms with Crippen LogP contribution in [0.15, 0.2) is 54.6 Å². The SMILES string of the molecule is CC1c2[nH]c3ccccc3c2CC2C(O)N(c3ccccc3)C(=O)N12. The van der Waals surface area contributed by atoms with Crippen molar-refractivity contribution in [3.8, 4) is 0 Å². The third-order valence-corrected chi connectivity index (χ3v) is 5.52. The van der Waals surface area contributed by atoms with Crippen LogP contribution in [-0.2, 0) is 6.42 Å². The van der Waals surface area contributed by atoms with Crippen molar-refractivity contribution in [3.05, 3.63) is 65.9 Å². The minimum atomic E-state index is -0.848. The Hall–Kier alpha value is -2.79. The van der Waals surface area contributed by atoms with Crippen molar-refractivity contribution in [2.75, 3.05) is 4.90 Å². The summed E-state index contributed by atoms with van der Waals surface area (Å²) in [6.07, 6.45) is -0.195. The maximum atomic E-state index is 13.1. The summed E-state index contributed by atoms with van der Waals surface area (Å²) in [5, 5.41) is 12.1. The number of anilines is 1. The highest BCUT2D eigenvalue weighted by molar-refractivity contribution is 5.96. The number of aliphatic hydroxyl groups excluding tert-OH is 1. The highest BCUT2D eigenvalue weighted by Gasteiger charge is 2.51. The van der Waals surface area contributed by atoms with Gasteiger partial charge in [0, 0.05) is 22.3 Å². The average molecular weight is 333 g/mol. The van der Waals surface area contributed by atoms with Gasteiger partial charge in [-0.15, -0.1) is 0 Å². The molecule has 1 aromatic heterocycles. The highest BCUT2D eigenvalue weighted by Crippen LogP contribution is 2.42. The summed E-state index contributed by atoms with van der Waals surface area (Å²) in [7, 11) is 0. The zero-order chi connectivity index (χ0) is 17.1. The van der Waals surface area contributed by atoms with Gasteiger partial charge in [-0.25, -0.2) is 4.79 Å². The summed E-state index contributed by atoms with van der Waals surface area (Å²) in [6, 6.07) is 17.1. The second kappa shape index (κ2) is 5.10. The Morgan fingerprint density at radius 3 is 2.60 bits per heavy atom. The molecule has 2 N–H and O–H groups in total. The monoisotopic (exact) mass is 333 g/mol. The fraction of sp³-hybridized carbons (Fsp3) is 0.250. The van der Waals surface area contributed by atoms with Crippen LogP contribution < -0.4 is 4.90 Å². The first-order valence-corrected chi connectivity index (χ1v) is 8.61. The lowest BCUT2D eigenvalue weighted by molar-refractivity contribution is 0.0936. The molecule has 1 fully saturated rings. The molecule has 0 bridgehead atoms. The Bertz CT molecular complexity index is 965. The molecule has 2 aliphatic rings. The Kier molecular flexibility index (Phi) is 2.97. The molecule has 25 heavy (non-hydrogen) atoms. The van der Waals surface area contributed by atoms with Crippen LogP contribution in [0.4, 0.5) is 10.5 Å². The molecule has 0 aliphatic carbocycles. The number of benzene rings is 2. The fourth-order valence-corrected chi connectivity index (χ4v) is 4.35. The maximum Gasteiger partial charge on any atom is 0.327 e. The number of nitrogens with one attached hydrogen (secondary N) is 1. The Morgan fingerprint density at radius 2 is 1.80 bits per heavy atom. The molecule has 3 heterocycles.